The van der Waals surface area contributed by atoms with Crippen LogP contribution in [0.4, 0.5) is 0 Å². The predicted molar refractivity (Wildman–Crippen MR) is 99.5 cm³/mol. The first-order chi connectivity index (χ1) is 11.6. The summed E-state index contributed by atoms with van der Waals surface area (Å²) in [4.78, 5) is 27.9. The van der Waals surface area contributed by atoms with E-state index >= 15 is 0 Å². The Bertz CT molecular complexity index is 596. The normalized spacial score (nSPS) is 15.7. The van der Waals surface area contributed by atoms with Gasteiger partial charge in [0.2, 0.25) is 11.8 Å². The molecule has 0 radical (unpaired) electrons. The van der Waals surface area contributed by atoms with E-state index in [9.17, 15) is 9.59 Å². The van der Waals surface area contributed by atoms with E-state index in [1.54, 1.807) is 6.08 Å². The van der Waals surface area contributed by atoms with Gasteiger partial charge in [-0.15, -0.1) is 0 Å². The number of benzene rings is 1. The maximum atomic E-state index is 12.3. The van der Waals surface area contributed by atoms with Crippen LogP contribution >= 0.6 is 15.9 Å². The van der Waals surface area contributed by atoms with Crippen molar-refractivity contribution in [2.75, 3.05) is 39.3 Å². The lowest BCUT2D eigenvalue weighted by atomic mass is 10.2. The molecule has 1 heterocycles. The van der Waals surface area contributed by atoms with E-state index < -0.39 is 0 Å². The highest BCUT2D eigenvalue weighted by molar-refractivity contribution is 9.10. The van der Waals surface area contributed by atoms with Crippen molar-refractivity contribution >= 4 is 33.8 Å². The average Bonchev–Trinajstić information content (AvgIpc) is 2.59. The topological polar surface area (TPSA) is 52.7 Å². The molecule has 0 bridgehead atoms. The van der Waals surface area contributed by atoms with Crippen molar-refractivity contribution in [3.63, 3.8) is 0 Å². The molecule has 130 valence electrons. The summed E-state index contributed by atoms with van der Waals surface area (Å²) >= 11 is 3.47. The summed E-state index contributed by atoms with van der Waals surface area (Å²) in [7, 11) is 0. The van der Waals surface area contributed by atoms with E-state index in [1.807, 2.05) is 42.2 Å². The third-order valence-electron chi connectivity index (χ3n) is 3.93. The Labute approximate surface area is 151 Å². The highest BCUT2D eigenvalue weighted by Crippen LogP contribution is 2.17. The highest BCUT2D eigenvalue weighted by atomic mass is 79.9. The minimum atomic E-state index is 0.0147. The molecule has 0 unspecified atom stereocenters. The molecule has 1 aromatic carbocycles. The number of carbonyl (C=O) groups is 2. The first-order valence-electron chi connectivity index (χ1n) is 8.30. The van der Waals surface area contributed by atoms with Gasteiger partial charge in [0.1, 0.15) is 0 Å². The monoisotopic (exact) mass is 393 g/mol. The molecule has 6 heteroatoms. The van der Waals surface area contributed by atoms with Gasteiger partial charge >= 0.3 is 0 Å². The number of nitrogens with zero attached hydrogens (tertiary/aromatic N) is 2. The Kier molecular flexibility index (Phi) is 7.46. The number of carbonyl (C=O) groups excluding carboxylic acids is 2. The Morgan fingerprint density at radius 3 is 2.58 bits per heavy atom. The fraction of sp³-hybridized carbons (Fsp3) is 0.444. The molecule has 1 N–H and O–H groups in total. The molecule has 5 nitrogen and oxygen atoms in total. The predicted octanol–water partition coefficient (Wildman–Crippen LogP) is 2.13. The number of halogens is 1. The van der Waals surface area contributed by atoms with Gasteiger partial charge < -0.3 is 10.2 Å². The van der Waals surface area contributed by atoms with Gasteiger partial charge in [0.25, 0.3) is 0 Å². The Morgan fingerprint density at radius 1 is 1.21 bits per heavy atom. The molecule has 2 rings (SSSR count). The van der Waals surface area contributed by atoms with Crippen molar-refractivity contribution in [2.45, 2.75) is 13.3 Å². The second-order valence-corrected chi connectivity index (χ2v) is 6.66. The van der Waals surface area contributed by atoms with Crippen LogP contribution in [-0.2, 0) is 9.59 Å². The molecular weight excluding hydrogens is 370 g/mol. The second-order valence-electron chi connectivity index (χ2n) is 5.81. The van der Waals surface area contributed by atoms with Crippen LogP contribution < -0.4 is 5.32 Å². The summed E-state index contributed by atoms with van der Waals surface area (Å²) in [6.45, 7) is 5.93. The van der Waals surface area contributed by atoms with Crippen LogP contribution in [0.3, 0.4) is 0 Å². The van der Waals surface area contributed by atoms with Crippen LogP contribution in [0.1, 0.15) is 18.9 Å². The minimum Gasteiger partial charge on any atom is -0.355 e. The lowest BCUT2D eigenvalue weighted by molar-refractivity contribution is -0.128. The lowest BCUT2D eigenvalue weighted by Gasteiger charge is -2.33. The number of piperazine rings is 1. The molecule has 1 fully saturated rings. The van der Waals surface area contributed by atoms with Crippen LogP contribution in [0.2, 0.25) is 0 Å². The van der Waals surface area contributed by atoms with E-state index in [2.05, 4.69) is 26.1 Å². The third kappa shape index (κ3) is 5.76. The third-order valence-corrected chi connectivity index (χ3v) is 4.66. The van der Waals surface area contributed by atoms with Crippen molar-refractivity contribution in [3.8, 4) is 0 Å². The molecule has 1 aliphatic heterocycles. The Balaban J connectivity index is 1.78. The molecule has 24 heavy (non-hydrogen) atoms. The van der Waals surface area contributed by atoms with Gasteiger partial charge in [-0.05, 0) is 24.1 Å². The highest BCUT2D eigenvalue weighted by Gasteiger charge is 2.20. The molecule has 1 aromatic rings. The van der Waals surface area contributed by atoms with Crippen LogP contribution in [-0.4, -0.2) is 60.9 Å². The molecular formula is C18H24BrN3O2. The maximum absolute atomic E-state index is 12.3. The SMILES string of the molecule is CCCNC(=O)CN1CCN(C(=O)/C=C/c2ccccc2Br)CC1. The van der Waals surface area contributed by atoms with Crippen molar-refractivity contribution < 1.29 is 9.59 Å². The first kappa shape index (κ1) is 18.7. The molecule has 1 saturated heterocycles. The fourth-order valence-corrected chi connectivity index (χ4v) is 2.94. The van der Waals surface area contributed by atoms with Crippen molar-refractivity contribution in [2.24, 2.45) is 0 Å². The number of hydrogen-bond acceptors (Lipinski definition) is 3. The van der Waals surface area contributed by atoms with E-state index in [4.69, 9.17) is 0 Å². The molecule has 0 saturated carbocycles. The largest absolute Gasteiger partial charge is 0.355 e. The van der Waals surface area contributed by atoms with Crippen molar-refractivity contribution in [1.29, 1.82) is 0 Å². The van der Waals surface area contributed by atoms with E-state index in [1.165, 1.54) is 0 Å². The van der Waals surface area contributed by atoms with Crippen LogP contribution in [0.25, 0.3) is 6.08 Å². The number of hydrogen-bond donors (Lipinski definition) is 1. The van der Waals surface area contributed by atoms with Gasteiger partial charge in [0.05, 0.1) is 6.54 Å². The van der Waals surface area contributed by atoms with Gasteiger partial charge in [-0.3, -0.25) is 14.5 Å². The van der Waals surface area contributed by atoms with Gasteiger partial charge in [-0.25, -0.2) is 0 Å². The summed E-state index contributed by atoms with van der Waals surface area (Å²) < 4.78 is 0.969. The molecule has 0 spiro atoms. The van der Waals surface area contributed by atoms with Crippen LogP contribution in [0.5, 0.6) is 0 Å². The fourth-order valence-electron chi connectivity index (χ4n) is 2.53. The summed E-state index contributed by atoms with van der Waals surface area (Å²) in [5.41, 5.74) is 0.983. The van der Waals surface area contributed by atoms with Crippen molar-refractivity contribution in [1.82, 2.24) is 15.1 Å². The van der Waals surface area contributed by atoms with E-state index in [0.717, 1.165) is 36.1 Å². The summed E-state index contributed by atoms with van der Waals surface area (Å²) in [5.74, 6) is 0.0753. The standard InChI is InChI=1S/C18H24BrN3O2/c1-2-9-20-17(23)14-21-10-12-22(13-11-21)18(24)8-7-15-5-3-4-6-16(15)19/h3-8H,2,9-14H2,1H3,(H,20,23)/b8-7+. The van der Waals surface area contributed by atoms with Crippen LogP contribution in [0.15, 0.2) is 34.8 Å². The van der Waals surface area contributed by atoms with Crippen molar-refractivity contribution in [3.05, 3.63) is 40.4 Å². The van der Waals surface area contributed by atoms with Gasteiger partial charge in [-0.1, -0.05) is 41.1 Å². The molecule has 0 atom stereocenters. The summed E-state index contributed by atoms with van der Waals surface area (Å²) in [6, 6.07) is 7.80. The van der Waals surface area contributed by atoms with Gasteiger partial charge in [0, 0.05) is 43.3 Å². The smallest absolute Gasteiger partial charge is 0.246 e. The Hall–Kier alpha value is -1.66. The van der Waals surface area contributed by atoms with Gasteiger partial charge in [0.15, 0.2) is 0 Å². The maximum Gasteiger partial charge on any atom is 0.246 e. The summed E-state index contributed by atoms with van der Waals surface area (Å²) in [5, 5.41) is 2.88. The van der Waals surface area contributed by atoms with E-state index in [0.29, 0.717) is 19.6 Å². The number of rotatable bonds is 6. The Morgan fingerprint density at radius 2 is 1.92 bits per heavy atom. The summed E-state index contributed by atoms with van der Waals surface area (Å²) in [6.07, 6.45) is 4.39. The molecule has 0 aromatic heterocycles. The lowest BCUT2D eigenvalue weighted by Crippen LogP contribution is -2.50. The number of amides is 2. The molecule has 0 aliphatic carbocycles. The quantitative estimate of drug-likeness (QED) is 0.753. The average molecular weight is 394 g/mol. The minimum absolute atomic E-state index is 0.0147. The zero-order valence-electron chi connectivity index (χ0n) is 14.0. The zero-order chi connectivity index (χ0) is 17.4. The van der Waals surface area contributed by atoms with Crippen LogP contribution in [0, 0.1) is 0 Å². The number of nitrogens with one attached hydrogen (secondary N) is 1. The van der Waals surface area contributed by atoms with E-state index in [-0.39, 0.29) is 11.8 Å². The first-order valence-corrected chi connectivity index (χ1v) is 9.10. The molecule has 1 aliphatic rings. The zero-order valence-corrected chi connectivity index (χ0v) is 15.6. The molecule has 2 amide bonds. The van der Waals surface area contributed by atoms with Gasteiger partial charge in [-0.2, -0.15) is 0 Å². The second kappa shape index (κ2) is 9.59.